The number of hydrogen-bond acceptors (Lipinski definition) is 4. The Bertz CT molecular complexity index is 759. The lowest BCUT2D eigenvalue weighted by molar-refractivity contribution is -0.134. The molecule has 1 aliphatic carbocycles. The molecule has 0 atom stereocenters. The van der Waals surface area contributed by atoms with Gasteiger partial charge in [-0.05, 0) is 54.9 Å². The number of carbonyl (C=O) groups is 1. The van der Waals surface area contributed by atoms with Gasteiger partial charge >= 0.3 is 5.97 Å². The van der Waals surface area contributed by atoms with Crippen LogP contribution >= 0.6 is 11.8 Å². The first-order chi connectivity index (χ1) is 12.7. The van der Waals surface area contributed by atoms with Crippen molar-refractivity contribution in [3.63, 3.8) is 0 Å². The maximum Gasteiger partial charge on any atom is 0.330 e. The molecule has 138 valence electrons. The van der Waals surface area contributed by atoms with Crippen molar-refractivity contribution in [3.05, 3.63) is 42.1 Å². The SMILES string of the molecule is COC(=O)C=Cc1cc(-c2ccc(SC)cc2)n(CC2CCCCC2)n1. The van der Waals surface area contributed by atoms with Crippen molar-refractivity contribution in [2.75, 3.05) is 13.4 Å². The van der Waals surface area contributed by atoms with E-state index in [4.69, 9.17) is 5.10 Å². The smallest absolute Gasteiger partial charge is 0.330 e. The third kappa shape index (κ3) is 4.79. The lowest BCUT2D eigenvalue weighted by Gasteiger charge is -2.22. The summed E-state index contributed by atoms with van der Waals surface area (Å²) < 4.78 is 6.79. The molecule has 0 amide bonds. The van der Waals surface area contributed by atoms with E-state index in [1.807, 2.05) is 0 Å². The fraction of sp³-hybridized carbons (Fsp3) is 0.429. The lowest BCUT2D eigenvalue weighted by atomic mass is 9.89. The lowest BCUT2D eigenvalue weighted by Crippen LogP contribution is -2.15. The van der Waals surface area contributed by atoms with Gasteiger partial charge in [0.15, 0.2) is 0 Å². The molecule has 0 spiro atoms. The van der Waals surface area contributed by atoms with Gasteiger partial charge in [-0.15, -0.1) is 11.8 Å². The molecule has 1 heterocycles. The Labute approximate surface area is 159 Å². The topological polar surface area (TPSA) is 44.1 Å². The Morgan fingerprint density at radius 3 is 2.65 bits per heavy atom. The van der Waals surface area contributed by atoms with E-state index < -0.39 is 0 Å². The summed E-state index contributed by atoms with van der Waals surface area (Å²) in [6.07, 6.45) is 11.8. The summed E-state index contributed by atoms with van der Waals surface area (Å²) in [5, 5.41) is 4.75. The fourth-order valence-corrected chi connectivity index (χ4v) is 3.90. The van der Waals surface area contributed by atoms with Gasteiger partial charge in [-0.25, -0.2) is 4.79 Å². The highest BCUT2D eigenvalue weighted by molar-refractivity contribution is 7.98. The number of nitrogens with zero attached hydrogens (tertiary/aromatic N) is 2. The van der Waals surface area contributed by atoms with Crippen LogP contribution in [0.1, 0.15) is 37.8 Å². The highest BCUT2D eigenvalue weighted by atomic mass is 32.2. The number of ether oxygens (including phenoxy) is 1. The molecular formula is C21H26N2O2S. The molecule has 4 nitrogen and oxygen atoms in total. The van der Waals surface area contributed by atoms with Crippen molar-refractivity contribution in [1.29, 1.82) is 0 Å². The number of benzene rings is 1. The van der Waals surface area contributed by atoms with Gasteiger partial charge < -0.3 is 4.74 Å². The highest BCUT2D eigenvalue weighted by Gasteiger charge is 2.17. The molecule has 1 fully saturated rings. The Morgan fingerprint density at radius 1 is 1.27 bits per heavy atom. The normalized spacial score (nSPS) is 15.5. The van der Waals surface area contributed by atoms with Crippen molar-refractivity contribution >= 4 is 23.8 Å². The Kier molecular flexibility index (Phi) is 6.56. The molecule has 0 aliphatic heterocycles. The summed E-state index contributed by atoms with van der Waals surface area (Å²) in [6.45, 7) is 0.936. The number of methoxy groups -OCH3 is 1. The van der Waals surface area contributed by atoms with Crippen LogP contribution in [0.15, 0.2) is 41.3 Å². The largest absolute Gasteiger partial charge is 0.466 e. The minimum absolute atomic E-state index is 0.363. The van der Waals surface area contributed by atoms with Gasteiger partial charge in [0.2, 0.25) is 0 Å². The first-order valence-electron chi connectivity index (χ1n) is 9.18. The van der Waals surface area contributed by atoms with E-state index in [-0.39, 0.29) is 5.97 Å². The molecule has 1 saturated carbocycles. The average molecular weight is 371 g/mol. The number of hydrogen-bond donors (Lipinski definition) is 0. The highest BCUT2D eigenvalue weighted by Crippen LogP contribution is 2.29. The van der Waals surface area contributed by atoms with Crippen molar-refractivity contribution in [3.8, 4) is 11.3 Å². The van der Waals surface area contributed by atoms with E-state index in [9.17, 15) is 4.79 Å². The summed E-state index contributed by atoms with van der Waals surface area (Å²) in [6, 6.07) is 10.6. The second-order valence-corrected chi connectivity index (χ2v) is 7.61. The quantitative estimate of drug-likeness (QED) is 0.406. The first-order valence-corrected chi connectivity index (χ1v) is 10.4. The van der Waals surface area contributed by atoms with Gasteiger partial charge in [-0.2, -0.15) is 5.10 Å². The second kappa shape index (κ2) is 9.08. The monoisotopic (exact) mass is 370 g/mol. The second-order valence-electron chi connectivity index (χ2n) is 6.73. The van der Waals surface area contributed by atoms with Crippen molar-refractivity contribution in [1.82, 2.24) is 9.78 Å². The van der Waals surface area contributed by atoms with Gasteiger partial charge in [0.1, 0.15) is 0 Å². The zero-order valence-electron chi connectivity index (χ0n) is 15.5. The van der Waals surface area contributed by atoms with E-state index in [2.05, 4.69) is 46.0 Å². The minimum atomic E-state index is -0.363. The standard InChI is InChI=1S/C21H26N2O2S/c1-25-21(24)13-10-18-14-20(17-8-11-19(26-2)12-9-17)23(22-18)15-16-6-4-3-5-7-16/h8-14,16H,3-7,15H2,1-2H3. The molecule has 3 rings (SSSR count). The zero-order valence-corrected chi connectivity index (χ0v) is 16.3. The average Bonchev–Trinajstić information content (AvgIpc) is 3.09. The predicted octanol–water partition coefficient (Wildman–Crippen LogP) is 5.04. The van der Waals surface area contributed by atoms with Crippen molar-refractivity contribution in [2.45, 2.75) is 43.5 Å². The molecule has 26 heavy (non-hydrogen) atoms. The van der Waals surface area contributed by atoms with Gasteiger partial charge in [-0.1, -0.05) is 31.4 Å². The van der Waals surface area contributed by atoms with Crippen LogP contribution in [-0.4, -0.2) is 29.1 Å². The molecule has 1 aliphatic rings. The molecular weight excluding hydrogens is 344 g/mol. The Morgan fingerprint density at radius 2 is 2.00 bits per heavy atom. The number of esters is 1. The van der Waals surface area contributed by atoms with E-state index >= 15 is 0 Å². The summed E-state index contributed by atoms with van der Waals surface area (Å²) in [4.78, 5) is 12.6. The molecule has 0 unspecified atom stereocenters. The van der Waals surface area contributed by atoms with Gasteiger partial charge in [0.05, 0.1) is 18.5 Å². The zero-order chi connectivity index (χ0) is 18.4. The number of rotatable bonds is 6. The predicted molar refractivity (Wildman–Crippen MR) is 107 cm³/mol. The Balaban J connectivity index is 1.89. The van der Waals surface area contributed by atoms with Crippen LogP contribution in [0.5, 0.6) is 0 Å². The summed E-state index contributed by atoms with van der Waals surface area (Å²) >= 11 is 1.74. The number of thioether (sulfide) groups is 1. The maximum absolute atomic E-state index is 11.4. The third-order valence-electron chi connectivity index (χ3n) is 4.93. The van der Waals surface area contributed by atoms with Crippen LogP contribution in [0.2, 0.25) is 0 Å². The summed E-state index contributed by atoms with van der Waals surface area (Å²) in [5.74, 6) is 0.322. The van der Waals surface area contributed by atoms with Crippen LogP contribution in [0.3, 0.4) is 0 Å². The van der Waals surface area contributed by atoms with E-state index in [0.717, 1.165) is 23.5 Å². The van der Waals surface area contributed by atoms with Gasteiger partial charge in [-0.3, -0.25) is 4.68 Å². The number of aromatic nitrogens is 2. The van der Waals surface area contributed by atoms with Crippen LogP contribution in [0, 0.1) is 5.92 Å². The van der Waals surface area contributed by atoms with Gasteiger partial charge in [0.25, 0.3) is 0 Å². The van der Waals surface area contributed by atoms with E-state index in [0.29, 0.717) is 5.92 Å². The van der Waals surface area contributed by atoms with Crippen molar-refractivity contribution in [2.24, 2.45) is 5.92 Å². The molecule has 0 bridgehead atoms. The Hall–Kier alpha value is -2.01. The van der Waals surface area contributed by atoms with Crippen LogP contribution in [-0.2, 0) is 16.1 Å². The first kappa shape index (κ1) is 18.8. The maximum atomic E-state index is 11.4. The third-order valence-corrected chi connectivity index (χ3v) is 5.68. The van der Waals surface area contributed by atoms with Gasteiger partial charge in [0, 0.05) is 17.5 Å². The van der Waals surface area contributed by atoms with E-state index in [1.165, 1.54) is 50.2 Å². The fourth-order valence-electron chi connectivity index (χ4n) is 3.49. The summed E-state index contributed by atoms with van der Waals surface area (Å²) in [7, 11) is 1.38. The van der Waals surface area contributed by atoms with Crippen LogP contribution in [0.4, 0.5) is 0 Å². The molecule has 2 aromatic rings. The molecule has 0 radical (unpaired) electrons. The van der Waals surface area contributed by atoms with E-state index in [1.54, 1.807) is 17.8 Å². The van der Waals surface area contributed by atoms with Crippen LogP contribution in [0.25, 0.3) is 17.3 Å². The molecule has 1 aromatic carbocycles. The molecule has 5 heteroatoms. The molecule has 1 aromatic heterocycles. The van der Waals surface area contributed by atoms with Crippen molar-refractivity contribution < 1.29 is 9.53 Å². The molecule has 0 N–H and O–H groups in total. The number of carbonyl (C=O) groups excluding carboxylic acids is 1. The minimum Gasteiger partial charge on any atom is -0.466 e. The van der Waals surface area contributed by atoms with Crippen LogP contribution < -0.4 is 0 Å². The molecule has 0 saturated heterocycles. The summed E-state index contributed by atoms with van der Waals surface area (Å²) in [5.41, 5.74) is 3.05.